The molecule has 2 heterocycles. The van der Waals surface area contributed by atoms with E-state index in [0.29, 0.717) is 5.56 Å². The van der Waals surface area contributed by atoms with Gasteiger partial charge in [0.2, 0.25) is 0 Å². The van der Waals surface area contributed by atoms with Crippen LogP contribution in [0, 0.1) is 0 Å². The number of H-pyrrole nitrogens is 2. The molecule has 4 nitrogen and oxygen atoms in total. The lowest BCUT2D eigenvalue weighted by Gasteiger charge is -2.02. The van der Waals surface area contributed by atoms with E-state index in [4.69, 9.17) is 4.98 Å². The standard InChI is InChI=1S/C24H17N3O/c28-15-16-11-12-19-20(14-25-21(19)13-16)24-26-22(17-7-3-1-4-8-17)23(27-24)18-9-5-2-6-10-18/h1-15,25H,(H,26,27). The van der Waals surface area contributed by atoms with Gasteiger partial charge in [-0.1, -0.05) is 72.8 Å². The number of carbonyl (C=O) groups excluding carboxylic acids is 1. The van der Waals surface area contributed by atoms with Gasteiger partial charge in [-0.3, -0.25) is 4.79 Å². The van der Waals surface area contributed by atoms with Gasteiger partial charge in [0.05, 0.1) is 11.4 Å². The summed E-state index contributed by atoms with van der Waals surface area (Å²) in [7, 11) is 0. The maximum Gasteiger partial charge on any atom is 0.150 e. The Balaban J connectivity index is 1.72. The molecule has 0 aliphatic carbocycles. The highest BCUT2D eigenvalue weighted by Crippen LogP contribution is 2.35. The van der Waals surface area contributed by atoms with Gasteiger partial charge in [-0.25, -0.2) is 4.98 Å². The van der Waals surface area contributed by atoms with Crippen molar-refractivity contribution in [2.75, 3.05) is 0 Å². The molecule has 5 rings (SSSR count). The summed E-state index contributed by atoms with van der Waals surface area (Å²) < 4.78 is 0. The van der Waals surface area contributed by atoms with E-state index < -0.39 is 0 Å². The van der Waals surface area contributed by atoms with Crippen LogP contribution < -0.4 is 0 Å². The average Bonchev–Trinajstić information content (AvgIpc) is 3.39. The molecule has 0 unspecified atom stereocenters. The van der Waals surface area contributed by atoms with Gasteiger partial charge in [0, 0.05) is 39.4 Å². The molecular formula is C24H17N3O. The summed E-state index contributed by atoms with van der Waals surface area (Å²) in [6.45, 7) is 0. The summed E-state index contributed by atoms with van der Waals surface area (Å²) >= 11 is 0. The van der Waals surface area contributed by atoms with Gasteiger partial charge in [0.15, 0.2) is 0 Å². The molecule has 0 aliphatic heterocycles. The maximum absolute atomic E-state index is 11.1. The zero-order valence-electron chi connectivity index (χ0n) is 15.0. The Morgan fingerprint density at radius 1 is 0.821 bits per heavy atom. The minimum atomic E-state index is 0.648. The highest BCUT2D eigenvalue weighted by molar-refractivity contribution is 5.97. The minimum absolute atomic E-state index is 0.648. The second-order valence-corrected chi connectivity index (χ2v) is 6.67. The van der Waals surface area contributed by atoms with E-state index in [1.807, 2.05) is 60.8 Å². The molecule has 0 saturated heterocycles. The second kappa shape index (κ2) is 6.67. The Labute approximate surface area is 161 Å². The molecule has 0 aliphatic rings. The van der Waals surface area contributed by atoms with Crippen LogP contribution in [0.1, 0.15) is 10.4 Å². The van der Waals surface area contributed by atoms with E-state index in [1.54, 1.807) is 0 Å². The molecule has 3 aromatic carbocycles. The van der Waals surface area contributed by atoms with Gasteiger partial charge in [-0.05, 0) is 6.07 Å². The van der Waals surface area contributed by atoms with Gasteiger partial charge in [0.1, 0.15) is 12.1 Å². The fourth-order valence-corrected chi connectivity index (χ4v) is 3.53. The van der Waals surface area contributed by atoms with Gasteiger partial charge >= 0.3 is 0 Å². The van der Waals surface area contributed by atoms with Gasteiger partial charge in [-0.2, -0.15) is 0 Å². The Hall–Kier alpha value is -3.92. The molecule has 0 spiro atoms. The second-order valence-electron chi connectivity index (χ2n) is 6.67. The number of benzene rings is 3. The predicted molar refractivity (Wildman–Crippen MR) is 112 cm³/mol. The summed E-state index contributed by atoms with van der Waals surface area (Å²) in [5, 5.41) is 1.03. The number of carbonyl (C=O) groups is 1. The first-order chi connectivity index (χ1) is 13.8. The van der Waals surface area contributed by atoms with Crippen LogP contribution in [-0.2, 0) is 0 Å². The maximum atomic E-state index is 11.1. The molecule has 0 atom stereocenters. The van der Waals surface area contributed by atoms with Crippen molar-refractivity contribution in [3.05, 3.63) is 90.6 Å². The lowest BCUT2D eigenvalue weighted by atomic mass is 10.1. The molecule has 0 bridgehead atoms. The first kappa shape index (κ1) is 16.3. The number of imidazole rings is 1. The summed E-state index contributed by atoms with van der Waals surface area (Å²) in [4.78, 5) is 22.8. The van der Waals surface area contributed by atoms with Crippen LogP contribution in [0.25, 0.3) is 44.8 Å². The van der Waals surface area contributed by atoms with E-state index >= 15 is 0 Å². The lowest BCUT2D eigenvalue weighted by molar-refractivity contribution is 0.112. The topological polar surface area (TPSA) is 61.5 Å². The predicted octanol–water partition coefficient (Wildman–Crippen LogP) is 5.70. The molecule has 0 radical (unpaired) electrons. The van der Waals surface area contributed by atoms with Gasteiger partial charge < -0.3 is 9.97 Å². The van der Waals surface area contributed by atoms with E-state index in [2.05, 4.69) is 34.2 Å². The van der Waals surface area contributed by atoms with Crippen LogP contribution >= 0.6 is 0 Å². The fourth-order valence-electron chi connectivity index (χ4n) is 3.53. The Bertz CT molecular complexity index is 1210. The molecule has 28 heavy (non-hydrogen) atoms. The number of hydrogen-bond acceptors (Lipinski definition) is 2. The first-order valence-electron chi connectivity index (χ1n) is 9.11. The highest BCUT2D eigenvalue weighted by Gasteiger charge is 2.17. The quantitative estimate of drug-likeness (QED) is 0.402. The summed E-state index contributed by atoms with van der Waals surface area (Å²) in [5.74, 6) is 0.794. The number of aromatic amines is 2. The molecule has 5 aromatic rings. The largest absolute Gasteiger partial charge is 0.360 e. The van der Waals surface area contributed by atoms with Crippen LogP contribution in [0.15, 0.2) is 85.1 Å². The zero-order chi connectivity index (χ0) is 18.9. The molecule has 0 amide bonds. The number of rotatable bonds is 4. The third-order valence-corrected chi connectivity index (χ3v) is 4.91. The third kappa shape index (κ3) is 2.72. The monoisotopic (exact) mass is 363 g/mol. The molecule has 2 N–H and O–H groups in total. The van der Waals surface area contributed by atoms with Crippen LogP contribution in [0.3, 0.4) is 0 Å². The van der Waals surface area contributed by atoms with Crippen LogP contribution in [0.5, 0.6) is 0 Å². The van der Waals surface area contributed by atoms with Crippen LogP contribution in [0.4, 0.5) is 0 Å². The first-order valence-corrected chi connectivity index (χ1v) is 9.11. The lowest BCUT2D eigenvalue weighted by Crippen LogP contribution is -1.82. The van der Waals surface area contributed by atoms with Crippen LogP contribution in [0.2, 0.25) is 0 Å². The molecule has 2 aromatic heterocycles. The van der Waals surface area contributed by atoms with Gasteiger partial charge in [0.25, 0.3) is 0 Å². The summed E-state index contributed by atoms with van der Waals surface area (Å²) in [6, 6.07) is 26.0. The number of fused-ring (bicyclic) bond motifs is 1. The molecular weight excluding hydrogens is 346 g/mol. The number of hydrogen-bond donors (Lipinski definition) is 2. The van der Waals surface area contributed by atoms with Crippen molar-refractivity contribution in [1.29, 1.82) is 0 Å². The molecule has 0 fully saturated rings. The number of nitrogens with one attached hydrogen (secondary N) is 2. The van der Waals surface area contributed by atoms with Gasteiger partial charge in [-0.15, -0.1) is 0 Å². The third-order valence-electron chi connectivity index (χ3n) is 4.91. The average molecular weight is 363 g/mol. The Morgan fingerprint density at radius 2 is 1.54 bits per heavy atom. The van der Waals surface area contributed by atoms with Crippen molar-refractivity contribution < 1.29 is 4.79 Å². The van der Waals surface area contributed by atoms with E-state index in [0.717, 1.165) is 51.1 Å². The van der Waals surface area contributed by atoms with Crippen molar-refractivity contribution in [3.63, 3.8) is 0 Å². The number of aromatic nitrogens is 3. The van der Waals surface area contributed by atoms with E-state index in [9.17, 15) is 4.79 Å². The zero-order valence-corrected chi connectivity index (χ0v) is 15.0. The molecule has 0 saturated carbocycles. The smallest absolute Gasteiger partial charge is 0.150 e. The van der Waals surface area contributed by atoms with E-state index in [-0.39, 0.29) is 0 Å². The SMILES string of the molecule is O=Cc1ccc2c(-c3nc(-c4ccccc4)c(-c4ccccc4)[nH]3)c[nH]c2c1. The Morgan fingerprint density at radius 3 is 2.25 bits per heavy atom. The van der Waals surface area contributed by atoms with E-state index in [1.165, 1.54) is 0 Å². The highest BCUT2D eigenvalue weighted by atomic mass is 16.1. The molecule has 4 heteroatoms. The van der Waals surface area contributed by atoms with Crippen molar-refractivity contribution in [2.45, 2.75) is 0 Å². The van der Waals surface area contributed by atoms with Crippen molar-refractivity contribution >= 4 is 17.2 Å². The summed E-state index contributed by atoms with van der Waals surface area (Å²) in [5.41, 5.74) is 6.59. The van der Waals surface area contributed by atoms with Crippen LogP contribution in [-0.4, -0.2) is 21.2 Å². The van der Waals surface area contributed by atoms with Crippen molar-refractivity contribution in [1.82, 2.24) is 15.0 Å². The van der Waals surface area contributed by atoms with Crippen molar-refractivity contribution in [3.8, 4) is 33.9 Å². The molecule has 134 valence electrons. The summed E-state index contributed by atoms with van der Waals surface area (Å²) in [6.07, 6.45) is 2.79. The fraction of sp³-hybridized carbons (Fsp3) is 0. The number of aldehydes is 1. The van der Waals surface area contributed by atoms with Crippen molar-refractivity contribution in [2.24, 2.45) is 0 Å². The normalized spacial score (nSPS) is 11.0. The number of nitrogens with zero attached hydrogens (tertiary/aromatic N) is 1. The minimum Gasteiger partial charge on any atom is -0.360 e. The Kier molecular flexibility index (Phi) is 3.87.